The monoisotopic (exact) mass is 280 g/mol. The lowest BCUT2D eigenvalue weighted by Gasteiger charge is -2.21. The van der Waals surface area contributed by atoms with E-state index in [0.29, 0.717) is 10.6 Å². The third-order valence-electron chi connectivity index (χ3n) is 3.93. The Morgan fingerprint density at radius 1 is 1.47 bits per heavy atom. The topological polar surface area (TPSA) is 33.2 Å². The lowest BCUT2D eigenvalue weighted by molar-refractivity contribution is 0.0759. The summed E-state index contributed by atoms with van der Waals surface area (Å²) in [5, 5.41) is 0.508. The standard InChI is InChI=1S/C15H21ClN2O/c1-3-12-5-4-7-18(8-6-12)15(19)13-10-17-11(2)9-14(13)16/h9-10,12H,3-8H2,1-2H3. The fourth-order valence-corrected chi connectivity index (χ4v) is 2.92. The van der Waals surface area contributed by atoms with Gasteiger partial charge in [-0.1, -0.05) is 24.9 Å². The third kappa shape index (κ3) is 3.47. The van der Waals surface area contributed by atoms with Crippen LogP contribution in [0.1, 0.15) is 48.7 Å². The van der Waals surface area contributed by atoms with Crippen molar-refractivity contribution in [2.45, 2.75) is 39.5 Å². The quantitative estimate of drug-likeness (QED) is 0.828. The number of aryl methyl sites for hydroxylation is 1. The highest BCUT2D eigenvalue weighted by Crippen LogP contribution is 2.23. The van der Waals surface area contributed by atoms with Gasteiger partial charge in [0.05, 0.1) is 10.6 Å². The molecule has 19 heavy (non-hydrogen) atoms. The highest BCUT2D eigenvalue weighted by Gasteiger charge is 2.22. The van der Waals surface area contributed by atoms with E-state index in [0.717, 1.165) is 37.5 Å². The fourth-order valence-electron chi connectivity index (χ4n) is 2.63. The Balaban J connectivity index is 2.10. The molecule has 1 fully saturated rings. The van der Waals surface area contributed by atoms with Crippen molar-refractivity contribution < 1.29 is 4.79 Å². The number of nitrogens with zero attached hydrogens (tertiary/aromatic N) is 2. The molecule has 4 heteroatoms. The molecule has 2 rings (SSSR count). The molecule has 1 aliphatic heterocycles. The van der Waals surface area contributed by atoms with Crippen LogP contribution >= 0.6 is 11.6 Å². The summed E-state index contributed by atoms with van der Waals surface area (Å²) in [7, 11) is 0. The summed E-state index contributed by atoms with van der Waals surface area (Å²) in [6.45, 7) is 5.77. The van der Waals surface area contributed by atoms with E-state index in [4.69, 9.17) is 11.6 Å². The number of carbonyl (C=O) groups excluding carboxylic acids is 1. The number of likely N-dealkylation sites (tertiary alicyclic amines) is 1. The van der Waals surface area contributed by atoms with Crippen molar-refractivity contribution in [1.82, 2.24) is 9.88 Å². The minimum absolute atomic E-state index is 0.0225. The minimum Gasteiger partial charge on any atom is -0.339 e. The molecular formula is C15H21ClN2O. The number of pyridine rings is 1. The van der Waals surface area contributed by atoms with Gasteiger partial charge in [-0.25, -0.2) is 0 Å². The fraction of sp³-hybridized carbons (Fsp3) is 0.600. The molecule has 0 radical (unpaired) electrons. The average molecular weight is 281 g/mol. The van der Waals surface area contributed by atoms with Crippen molar-refractivity contribution in [1.29, 1.82) is 0 Å². The molecule has 3 nitrogen and oxygen atoms in total. The number of rotatable bonds is 2. The van der Waals surface area contributed by atoms with Gasteiger partial charge in [0.25, 0.3) is 5.91 Å². The highest BCUT2D eigenvalue weighted by molar-refractivity contribution is 6.33. The molecule has 1 unspecified atom stereocenters. The van der Waals surface area contributed by atoms with Gasteiger partial charge in [-0.2, -0.15) is 0 Å². The van der Waals surface area contributed by atoms with Crippen LogP contribution < -0.4 is 0 Å². The van der Waals surface area contributed by atoms with E-state index in [-0.39, 0.29) is 5.91 Å². The van der Waals surface area contributed by atoms with E-state index in [2.05, 4.69) is 11.9 Å². The van der Waals surface area contributed by atoms with Crippen molar-refractivity contribution in [3.63, 3.8) is 0 Å². The van der Waals surface area contributed by atoms with E-state index in [1.165, 1.54) is 12.8 Å². The summed E-state index contributed by atoms with van der Waals surface area (Å²) >= 11 is 6.15. The number of hydrogen-bond acceptors (Lipinski definition) is 2. The molecule has 0 spiro atoms. The normalized spacial score (nSPS) is 20.2. The Hall–Kier alpha value is -1.09. The maximum atomic E-state index is 12.5. The van der Waals surface area contributed by atoms with Gasteiger partial charge in [-0.3, -0.25) is 9.78 Å². The third-order valence-corrected chi connectivity index (χ3v) is 4.25. The predicted molar refractivity (Wildman–Crippen MR) is 77.5 cm³/mol. The molecule has 1 saturated heterocycles. The molecule has 1 amide bonds. The maximum Gasteiger partial charge on any atom is 0.256 e. The molecule has 0 N–H and O–H groups in total. The Morgan fingerprint density at radius 3 is 2.95 bits per heavy atom. The summed E-state index contributed by atoms with van der Waals surface area (Å²) < 4.78 is 0. The Kier molecular flexibility index (Phi) is 4.81. The molecule has 2 heterocycles. The van der Waals surface area contributed by atoms with Gasteiger partial charge < -0.3 is 4.90 Å². The number of halogens is 1. The van der Waals surface area contributed by atoms with Crippen LogP contribution in [-0.4, -0.2) is 28.9 Å². The maximum absolute atomic E-state index is 12.5. The van der Waals surface area contributed by atoms with Crippen LogP contribution in [-0.2, 0) is 0 Å². The summed E-state index contributed by atoms with van der Waals surface area (Å²) in [4.78, 5) is 18.6. The van der Waals surface area contributed by atoms with Gasteiger partial charge in [-0.15, -0.1) is 0 Å². The van der Waals surface area contributed by atoms with Crippen LogP contribution in [0.3, 0.4) is 0 Å². The largest absolute Gasteiger partial charge is 0.339 e. The smallest absolute Gasteiger partial charge is 0.256 e. The van der Waals surface area contributed by atoms with Crippen LogP contribution in [0.5, 0.6) is 0 Å². The van der Waals surface area contributed by atoms with Gasteiger partial charge in [0.2, 0.25) is 0 Å². The van der Waals surface area contributed by atoms with Gasteiger partial charge in [-0.05, 0) is 38.2 Å². The summed E-state index contributed by atoms with van der Waals surface area (Å²) in [5.41, 5.74) is 1.37. The summed E-state index contributed by atoms with van der Waals surface area (Å²) in [6, 6.07) is 1.75. The molecule has 104 valence electrons. The van der Waals surface area contributed by atoms with Gasteiger partial charge in [0.15, 0.2) is 0 Å². The van der Waals surface area contributed by atoms with Gasteiger partial charge >= 0.3 is 0 Å². The van der Waals surface area contributed by atoms with Crippen molar-refractivity contribution in [2.24, 2.45) is 5.92 Å². The minimum atomic E-state index is 0.0225. The highest BCUT2D eigenvalue weighted by atomic mass is 35.5. The Morgan fingerprint density at radius 2 is 2.26 bits per heavy atom. The zero-order valence-corrected chi connectivity index (χ0v) is 12.4. The van der Waals surface area contributed by atoms with E-state index in [9.17, 15) is 4.79 Å². The first-order chi connectivity index (χ1) is 9.11. The van der Waals surface area contributed by atoms with Crippen LogP contribution in [0.2, 0.25) is 5.02 Å². The van der Waals surface area contributed by atoms with Crippen LogP contribution in [0.25, 0.3) is 0 Å². The molecule has 1 atom stereocenters. The van der Waals surface area contributed by atoms with E-state index < -0.39 is 0 Å². The van der Waals surface area contributed by atoms with Gasteiger partial charge in [0.1, 0.15) is 0 Å². The van der Waals surface area contributed by atoms with Crippen molar-refractivity contribution in [3.8, 4) is 0 Å². The number of carbonyl (C=O) groups is 1. The SMILES string of the molecule is CCC1CCCN(C(=O)c2cnc(C)cc2Cl)CC1. The van der Waals surface area contributed by atoms with Gasteiger partial charge in [0, 0.05) is 25.0 Å². The lowest BCUT2D eigenvalue weighted by Crippen LogP contribution is -2.32. The zero-order valence-electron chi connectivity index (χ0n) is 11.7. The first-order valence-corrected chi connectivity index (χ1v) is 7.41. The molecule has 0 bridgehead atoms. The van der Waals surface area contributed by atoms with E-state index >= 15 is 0 Å². The Labute approximate surface area is 120 Å². The summed E-state index contributed by atoms with van der Waals surface area (Å²) in [5.74, 6) is 0.777. The number of hydrogen-bond donors (Lipinski definition) is 0. The summed E-state index contributed by atoms with van der Waals surface area (Å²) in [6.07, 6.45) is 6.21. The second-order valence-corrected chi connectivity index (χ2v) is 5.71. The second kappa shape index (κ2) is 6.38. The lowest BCUT2D eigenvalue weighted by atomic mass is 9.98. The van der Waals surface area contributed by atoms with Crippen LogP contribution in [0.4, 0.5) is 0 Å². The number of aromatic nitrogens is 1. The first-order valence-electron chi connectivity index (χ1n) is 7.03. The molecular weight excluding hydrogens is 260 g/mol. The number of amides is 1. The van der Waals surface area contributed by atoms with Crippen molar-refractivity contribution >= 4 is 17.5 Å². The predicted octanol–water partition coefficient (Wildman–Crippen LogP) is 3.70. The molecule has 0 aromatic carbocycles. The van der Waals surface area contributed by atoms with Crippen LogP contribution in [0, 0.1) is 12.8 Å². The van der Waals surface area contributed by atoms with Crippen molar-refractivity contribution in [2.75, 3.05) is 13.1 Å². The molecule has 0 saturated carbocycles. The Bertz CT molecular complexity index is 461. The van der Waals surface area contributed by atoms with E-state index in [1.807, 2.05) is 11.8 Å². The average Bonchev–Trinajstić information content (AvgIpc) is 2.63. The van der Waals surface area contributed by atoms with Crippen LogP contribution in [0.15, 0.2) is 12.3 Å². The first kappa shape index (κ1) is 14.3. The molecule has 1 aliphatic rings. The molecule has 0 aliphatic carbocycles. The molecule has 1 aromatic heterocycles. The van der Waals surface area contributed by atoms with Crippen molar-refractivity contribution in [3.05, 3.63) is 28.5 Å². The van der Waals surface area contributed by atoms with E-state index in [1.54, 1.807) is 12.3 Å². The molecule has 1 aromatic rings. The second-order valence-electron chi connectivity index (χ2n) is 5.30. The zero-order chi connectivity index (χ0) is 13.8.